The van der Waals surface area contributed by atoms with Crippen molar-refractivity contribution >= 4 is 63.1 Å². The van der Waals surface area contributed by atoms with Crippen LogP contribution in [0.4, 0.5) is 5.69 Å². The van der Waals surface area contributed by atoms with Gasteiger partial charge in [0.1, 0.15) is 0 Å². The van der Waals surface area contributed by atoms with E-state index >= 15 is 0 Å². The number of hydrogen-bond donors (Lipinski definition) is 1. The first-order chi connectivity index (χ1) is 13.3. The highest BCUT2D eigenvalue weighted by atomic mass is 127. The lowest BCUT2D eigenvalue weighted by molar-refractivity contribution is -0.115. The van der Waals surface area contributed by atoms with Crippen LogP contribution in [0.1, 0.15) is 18.1 Å². The standard InChI is InChI=1S/C20H17IN2O4S/c1-11-4-6-14(7-5-11)23(12(2)24)20-22-19(26)17(28-20)10-13-8-15(21)18(25)16(9-13)27-3/h4-10,25H,1-3H3/b17-10-. The first-order valence-electron chi connectivity index (χ1n) is 8.26. The van der Waals surface area contributed by atoms with Gasteiger partial charge in [-0.2, -0.15) is 4.99 Å². The fraction of sp³-hybridized carbons (Fsp3) is 0.150. The zero-order chi connectivity index (χ0) is 20.4. The molecule has 1 N–H and O–H groups in total. The van der Waals surface area contributed by atoms with E-state index < -0.39 is 5.91 Å². The third kappa shape index (κ3) is 4.22. The summed E-state index contributed by atoms with van der Waals surface area (Å²) in [6, 6.07) is 10.8. The average Bonchev–Trinajstić information content (AvgIpc) is 2.99. The fourth-order valence-electron chi connectivity index (χ4n) is 2.60. The van der Waals surface area contributed by atoms with Crippen LogP contribution in [0.15, 0.2) is 46.3 Å². The number of nitrogens with zero attached hydrogens (tertiary/aromatic N) is 2. The number of amidine groups is 1. The number of aryl methyl sites for hydroxylation is 1. The number of aromatic hydroxyl groups is 1. The molecule has 2 aromatic rings. The van der Waals surface area contributed by atoms with Gasteiger partial charge < -0.3 is 9.84 Å². The van der Waals surface area contributed by atoms with E-state index in [9.17, 15) is 14.7 Å². The maximum absolute atomic E-state index is 12.4. The Morgan fingerprint density at radius 3 is 2.57 bits per heavy atom. The second kappa shape index (κ2) is 8.36. The normalized spacial score (nSPS) is 14.9. The Labute approximate surface area is 180 Å². The number of phenols is 1. The minimum Gasteiger partial charge on any atom is -0.504 e. The van der Waals surface area contributed by atoms with Crippen LogP contribution < -0.4 is 9.64 Å². The second-order valence-electron chi connectivity index (χ2n) is 6.05. The van der Waals surface area contributed by atoms with Gasteiger partial charge in [0.05, 0.1) is 21.3 Å². The Bertz CT molecular complexity index is 1020. The zero-order valence-electron chi connectivity index (χ0n) is 15.4. The summed E-state index contributed by atoms with van der Waals surface area (Å²) in [6.07, 6.45) is 1.67. The van der Waals surface area contributed by atoms with E-state index in [-0.39, 0.29) is 11.7 Å². The maximum Gasteiger partial charge on any atom is 0.286 e. The monoisotopic (exact) mass is 508 g/mol. The number of ether oxygens (including phenoxy) is 1. The number of benzene rings is 2. The molecule has 0 unspecified atom stereocenters. The number of carbonyl (C=O) groups is 2. The summed E-state index contributed by atoms with van der Waals surface area (Å²) in [5.74, 6) is -0.277. The van der Waals surface area contributed by atoms with E-state index in [0.717, 1.165) is 17.3 Å². The van der Waals surface area contributed by atoms with Crippen LogP contribution in [0.5, 0.6) is 11.5 Å². The number of thioether (sulfide) groups is 1. The third-order valence-corrected chi connectivity index (χ3v) is 5.77. The van der Waals surface area contributed by atoms with Gasteiger partial charge in [-0.1, -0.05) is 17.7 Å². The predicted molar refractivity (Wildman–Crippen MR) is 120 cm³/mol. The van der Waals surface area contributed by atoms with Gasteiger partial charge in [0.15, 0.2) is 16.7 Å². The molecule has 0 saturated carbocycles. The molecule has 2 aromatic carbocycles. The van der Waals surface area contributed by atoms with Gasteiger partial charge in [-0.25, -0.2) is 0 Å². The quantitative estimate of drug-likeness (QED) is 0.493. The average molecular weight is 508 g/mol. The number of amides is 2. The van der Waals surface area contributed by atoms with Crippen molar-refractivity contribution in [3.05, 3.63) is 56.0 Å². The lowest BCUT2D eigenvalue weighted by atomic mass is 10.2. The molecule has 0 spiro atoms. The Hall–Kier alpha value is -2.33. The minimum absolute atomic E-state index is 0.0507. The van der Waals surface area contributed by atoms with E-state index in [0.29, 0.717) is 30.6 Å². The van der Waals surface area contributed by atoms with E-state index in [2.05, 4.69) is 4.99 Å². The second-order valence-corrected chi connectivity index (χ2v) is 8.23. The van der Waals surface area contributed by atoms with Crippen LogP contribution in [-0.4, -0.2) is 29.2 Å². The molecule has 0 fully saturated rings. The molecule has 144 valence electrons. The van der Waals surface area contributed by atoms with Crippen molar-refractivity contribution in [1.29, 1.82) is 0 Å². The molecule has 2 amide bonds. The van der Waals surface area contributed by atoms with E-state index in [1.165, 1.54) is 18.9 Å². The summed E-state index contributed by atoms with van der Waals surface area (Å²) >= 11 is 3.13. The minimum atomic E-state index is -0.416. The van der Waals surface area contributed by atoms with E-state index in [1.807, 2.05) is 53.8 Å². The SMILES string of the molecule is COc1cc(/C=C2\SC(N(C(C)=O)c3ccc(C)cc3)=NC2=O)cc(I)c1O. The molecule has 0 aliphatic carbocycles. The highest BCUT2D eigenvalue weighted by Crippen LogP contribution is 2.36. The first-order valence-corrected chi connectivity index (χ1v) is 10.2. The molecular formula is C20H17IN2O4S. The fourth-order valence-corrected chi connectivity index (χ4v) is 4.20. The van der Waals surface area contributed by atoms with Gasteiger partial charge in [-0.3, -0.25) is 14.5 Å². The highest BCUT2D eigenvalue weighted by Gasteiger charge is 2.29. The summed E-state index contributed by atoms with van der Waals surface area (Å²) in [7, 11) is 1.46. The van der Waals surface area contributed by atoms with Crippen LogP contribution in [0.25, 0.3) is 6.08 Å². The van der Waals surface area contributed by atoms with Crippen molar-refractivity contribution in [3.8, 4) is 11.5 Å². The summed E-state index contributed by atoms with van der Waals surface area (Å²) in [6.45, 7) is 3.39. The molecule has 8 heteroatoms. The first kappa shape index (κ1) is 20.4. The molecule has 3 rings (SSSR count). The van der Waals surface area contributed by atoms with E-state index in [1.54, 1.807) is 18.2 Å². The number of hydrogen-bond acceptors (Lipinski definition) is 5. The molecule has 0 radical (unpaired) electrons. The van der Waals surface area contributed by atoms with Crippen molar-refractivity contribution in [3.63, 3.8) is 0 Å². The Morgan fingerprint density at radius 1 is 1.29 bits per heavy atom. The number of anilines is 1. The van der Waals surface area contributed by atoms with Crippen molar-refractivity contribution in [2.45, 2.75) is 13.8 Å². The van der Waals surface area contributed by atoms with Crippen molar-refractivity contribution in [2.75, 3.05) is 12.0 Å². The molecule has 28 heavy (non-hydrogen) atoms. The number of aliphatic imine (C=N–C) groups is 1. The zero-order valence-corrected chi connectivity index (χ0v) is 18.4. The summed E-state index contributed by atoms with van der Waals surface area (Å²) in [5, 5.41) is 10.3. The summed E-state index contributed by atoms with van der Waals surface area (Å²) < 4.78 is 5.76. The predicted octanol–water partition coefficient (Wildman–Crippen LogP) is 4.34. The third-order valence-electron chi connectivity index (χ3n) is 3.98. The number of carbonyl (C=O) groups excluding carboxylic acids is 2. The highest BCUT2D eigenvalue weighted by molar-refractivity contribution is 14.1. The molecule has 6 nitrogen and oxygen atoms in total. The summed E-state index contributed by atoms with van der Waals surface area (Å²) in [5.41, 5.74) is 2.41. The number of methoxy groups -OCH3 is 1. The van der Waals surface area contributed by atoms with Gasteiger partial charge in [0, 0.05) is 6.92 Å². The Morgan fingerprint density at radius 2 is 1.96 bits per heavy atom. The molecular weight excluding hydrogens is 491 g/mol. The molecule has 0 atom stereocenters. The van der Waals surface area contributed by atoms with Crippen LogP contribution in [0, 0.1) is 10.5 Å². The maximum atomic E-state index is 12.4. The van der Waals surface area contributed by atoms with Crippen molar-refractivity contribution < 1.29 is 19.4 Å². The number of phenolic OH excluding ortho intramolecular Hbond substituents is 1. The van der Waals surface area contributed by atoms with Crippen LogP contribution in [-0.2, 0) is 9.59 Å². The molecule has 0 saturated heterocycles. The van der Waals surface area contributed by atoms with Gasteiger partial charge >= 0.3 is 0 Å². The van der Waals surface area contributed by atoms with Crippen molar-refractivity contribution in [2.24, 2.45) is 4.99 Å². The molecule has 0 aromatic heterocycles. The van der Waals surface area contributed by atoms with Crippen LogP contribution in [0.2, 0.25) is 0 Å². The molecule has 0 bridgehead atoms. The summed E-state index contributed by atoms with van der Waals surface area (Å²) in [4.78, 5) is 30.5. The van der Waals surface area contributed by atoms with Gasteiger partial charge in [-0.05, 0) is 77.2 Å². The van der Waals surface area contributed by atoms with Gasteiger partial charge in [0.2, 0.25) is 5.91 Å². The molecule has 1 aliphatic rings. The Balaban J connectivity index is 1.92. The molecule has 1 aliphatic heterocycles. The molecule has 1 heterocycles. The topological polar surface area (TPSA) is 79.2 Å². The Kier molecular flexibility index (Phi) is 6.09. The number of rotatable bonds is 3. The van der Waals surface area contributed by atoms with Gasteiger partial charge in [-0.15, -0.1) is 0 Å². The van der Waals surface area contributed by atoms with E-state index in [4.69, 9.17) is 4.74 Å². The smallest absolute Gasteiger partial charge is 0.286 e. The van der Waals surface area contributed by atoms with Crippen molar-refractivity contribution in [1.82, 2.24) is 0 Å². The largest absolute Gasteiger partial charge is 0.504 e. The van der Waals surface area contributed by atoms with Crippen LogP contribution in [0.3, 0.4) is 0 Å². The van der Waals surface area contributed by atoms with Crippen LogP contribution >= 0.6 is 34.4 Å². The van der Waals surface area contributed by atoms with Gasteiger partial charge in [0.25, 0.3) is 5.91 Å². The lowest BCUT2D eigenvalue weighted by Crippen LogP contribution is -2.32. The number of halogens is 1. The lowest BCUT2D eigenvalue weighted by Gasteiger charge is -2.19.